The maximum absolute atomic E-state index is 10.1. The molecule has 0 saturated carbocycles. The van der Waals surface area contributed by atoms with Crippen molar-refractivity contribution in [3.63, 3.8) is 0 Å². The first kappa shape index (κ1) is 13.3. The molecular formula is C16H17BrO. The Labute approximate surface area is 117 Å². The summed E-state index contributed by atoms with van der Waals surface area (Å²) in [6.07, 6.45) is 1.08. The van der Waals surface area contributed by atoms with Crippen LogP contribution in [0.5, 0.6) is 0 Å². The first-order valence-electron chi connectivity index (χ1n) is 6.12. The fourth-order valence-electron chi connectivity index (χ4n) is 2.06. The molecule has 0 aliphatic carbocycles. The molecular weight excluding hydrogens is 288 g/mol. The van der Waals surface area contributed by atoms with Crippen LogP contribution in [-0.2, 0) is 12.8 Å². The monoisotopic (exact) mass is 304 g/mol. The molecule has 0 aliphatic heterocycles. The van der Waals surface area contributed by atoms with Crippen LogP contribution in [0.3, 0.4) is 0 Å². The Morgan fingerprint density at radius 2 is 1.67 bits per heavy atom. The van der Waals surface area contributed by atoms with Gasteiger partial charge in [0.1, 0.15) is 0 Å². The lowest BCUT2D eigenvalue weighted by atomic mass is 9.98. The fourth-order valence-corrected chi connectivity index (χ4v) is 2.32. The van der Waals surface area contributed by atoms with Gasteiger partial charge in [0.25, 0.3) is 0 Å². The van der Waals surface area contributed by atoms with Crippen LogP contribution in [0.1, 0.15) is 16.7 Å². The minimum Gasteiger partial charge on any atom is -0.392 e. The third kappa shape index (κ3) is 3.69. The van der Waals surface area contributed by atoms with Gasteiger partial charge in [-0.05, 0) is 48.6 Å². The quantitative estimate of drug-likeness (QED) is 0.908. The normalized spacial score (nSPS) is 12.4. The lowest BCUT2D eigenvalue weighted by molar-refractivity contribution is 0.175. The molecule has 0 amide bonds. The molecule has 0 aliphatic rings. The molecule has 94 valence electrons. The van der Waals surface area contributed by atoms with Gasteiger partial charge in [-0.25, -0.2) is 0 Å². The number of aliphatic hydroxyl groups is 1. The van der Waals surface area contributed by atoms with Crippen LogP contribution in [-0.4, -0.2) is 11.2 Å². The highest BCUT2D eigenvalue weighted by Gasteiger charge is 2.08. The average molecular weight is 305 g/mol. The number of benzene rings is 2. The molecule has 2 rings (SSSR count). The second kappa shape index (κ2) is 6.17. The molecule has 0 spiro atoms. The van der Waals surface area contributed by atoms with Gasteiger partial charge in [-0.15, -0.1) is 0 Å². The molecule has 0 bridgehead atoms. The standard InChI is InChI=1S/C16H17BrO/c1-12-4-2-3-5-14(12)11-16(18)10-13-6-8-15(17)9-7-13/h2-9,16,18H,10-11H2,1H3. The largest absolute Gasteiger partial charge is 0.392 e. The van der Waals surface area contributed by atoms with E-state index in [1.807, 2.05) is 36.4 Å². The Bertz CT molecular complexity index is 505. The van der Waals surface area contributed by atoms with Gasteiger partial charge in [0.2, 0.25) is 0 Å². The molecule has 0 saturated heterocycles. The summed E-state index contributed by atoms with van der Waals surface area (Å²) in [5, 5.41) is 10.1. The van der Waals surface area contributed by atoms with Crippen molar-refractivity contribution in [3.8, 4) is 0 Å². The summed E-state index contributed by atoms with van der Waals surface area (Å²) in [5.74, 6) is 0. The maximum atomic E-state index is 10.1. The van der Waals surface area contributed by atoms with E-state index in [0.717, 1.165) is 4.47 Å². The van der Waals surface area contributed by atoms with E-state index in [4.69, 9.17) is 0 Å². The lowest BCUT2D eigenvalue weighted by Gasteiger charge is -2.12. The van der Waals surface area contributed by atoms with Crippen molar-refractivity contribution in [2.24, 2.45) is 0 Å². The third-order valence-electron chi connectivity index (χ3n) is 3.10. The van der Waals surface area contributed by atoms with E-state index in [1.165, 1.54) is 16.7 Å². The number of hydrogen-bond donors (Lipinski definition) is 1. The molecule has 2 aromatic rings. The van der Waals surface area contributed by atoms with Crippen LogP contribution in [0, 0.1) is 6.92 Å². The van der Waals surface area contributed by atoms with Crippen molar-refractivity contribution in [2.45, 2.75) is 25.9 Å². The fraction of sp³-hybridized carbons (Fsp3) is 0.250. The molecule has 1 nitrogen and oxygen atoms in total. The van der Waals surface area contributed by atoms with Gasteiger partial charge in [0.15, 0.2) is 0 Å². The zero-order chi connectivity index (χ0) is 13.0. The summed E-state index contributed by atoms with van der Waals surface area (Å²) in [5.41, 5.74) is 3.63. The molecule has 2 heteroatoms. The number of rotatable bonds is 4. The predicted octanol–water partition coefficient (Wildman–Crippen LogP) is 3.90. The highest BCUT2D eigenvalue weighted by atomic mass is 79.9. The van der Waals surface area contributed by atoms with Crippen molar-refractivity contribution in [1.29, 1.82) is 0 Å². The van der Waals surface area contributed by atoms with Crippen LogP contribution < -0.4 is 0 Å². The van der Waals surface area contributed by atoms with Crippen molar-refractivity contribution >= 4 is 15.9 Å². The van der Waals surface area contributed by atoms with Crippen LogP contribution >= 0.6 is 15.9 Å². The van der Waals surface area contributed by atoms with Gasteiger partial charge in [0.05, 0.1) is 6.10 Å². The molecule has 0 radical (unpaired) electrons. The highest BCUT2D eigenvalue weighted by molar-refractivity contribution is 9.10. The summed E-state index contributed by atoms with van der Waals surface area (Å²) in [6, 6.07) is 16.3. The van der Waals surface area contributed by atoms with E-state index in [0.29, 0.717) is 12.8 Å². The van der Waals surface area contributed by atoms with Crippen molar-refractivity contribution in [2.75, 3.05) is 0 Å². The lowest BCUT2D eigenvalue weighted by Crippen LogP contribution is -2.14. The topological polar surface area (TPSA) is 20.2 Å². The van der Waals surface area contributed by atoms with Crippen LogP contribution in [0.15, 0.2) is 53.0 Å². The number of aryl methyl sites for hydroxylation is 1. The smallest absolute Gasteiger partial charge is 0.0620 e. The summed E-state index contributed by atoms with van der Waals surface area (Å²) in [6.45, 7) is 2.09. The van der Waals surface area contributed by atoms with Crippen molar-refractivity contribution in [1.82, 2.24) is 0 Å². The molecule has 0 aromatic heterocycles. The Morgan fingerprint density at radius 1 is 1.00 bits per heavy atom. The molecule has 1 unspecified atom stereocenters. The summed E-state index contributed by atoms with van der Waals surface area (Å²) in [7, 11) is 0. The predicted molar refractivity (Wildman–Crippen MR) is 78.7 cm³/mol. The molecule has 2 aromatic carbocycles. The zero-order valence-corrected chi connectivity index (χ0v) is 12.0. The zero-order valence-electron chi connectivity index (χ0n) is 10.4. The summed E-state index contributed by atoms with van der Waals surface area (Å²) < 4.78 is 1.07. The van der Waals surface area contributed by atoms with Gasteiger partial charge >= 0.3 is 0 Å². The second-order valence-electron chi connectivity index (χ2n) is 4.62. The van der Waals surface area contributed by atoms with E-state index in [2.05, 4.69) is 35.0 Å². The summed E-state index contributed by atoms with van der Waals surface area (Å²) >= 11 is 3.41. The molecule has 0 fully saturated rings. The van der Waals surface area contributed by atoms with Crippen LogP contribution in [0.2, 0.25) is 0 Å². The Morgan fingerprint density at radius 3 is 2.33 bits per heavy atom. The molecule has 1 N–H and O–H groups in total. The van der Waals surface area contributed by atoms with Gasteiger partial charge < -0.3 is 5.11 Å². The summed E-state index contributed by atoms with van der Waals surface area (Å²) in [4.78, 5) is 0. The molecule has 18 heavy (non-hydrogen) atoms. The van der Waals surface area contributed by atoms with Gasteiger partial charge in [-0.2, -0.15) is 0 Å². The highest BCUT2D eigenvalue weighted by Crippen LogP contribution is 2.15. The molecule has 1 atom stereocenters. The van der Waals surface area contributed by atoms with Gasteiger partial charge in [0, 0.05) is 4.47 Å². The first-order chi connectivity index (χ1) is 8.65. The number of halogens is 1. The number of aliphatic hydroxyl groups excluding tert-OH is 1. The van der Waals surface area contributed by atoms with E-state index < -0.39 is 0 Å². The van der Waals surface area contributed by atoms with Gasteiger partial charge in [-0.3, -0.25) is 0 Å². The Hall–Kier alpha value is -1.12. The Balaban J connectivity index is 1.99. The minimum absolute atomic E-state index is 0.327. The van der Waals surface area contributed by atoms with Gasteiger partial charge in [-0.1, -0.05) is 52.3 Å². The minimum atomic E-state index is -0.327. The van der Waals surface area contributed by atoms with E-state index in [1.54, 1.807) is 0 Å². The van der Waals surface area contributed by atoms with Crippen LogP contribution in [0.25, 0.3) is 0 Å². The van der Waals surface area contributed by atoms with E-state index in [-0.39, 0.29) is 6.10 Å². The van der Waals surface area contributed by atoms with Crippen molar-refractivity contribution in [3.05, 3.63) is 69.7 Å². The average Bonchev–Trinajstić information content (AvgIpc) is 2.35. The van der Waals surface area contributed by atoms with E-state index >= 15 is 0 Å². The molecule has 0 heterocycles. The first-order valence-corrected chi connectivity index (χ1v) is 6.91. The maximum Gasteiger partial charge on any atom is 0.0620 e. The third-order valence-corrected chi connectivity index (χ3v) is 3.63. The number of hydrogen-bond acceptors (Lipinski definition) is 1. The second-order valence-corrected chi connectivity index (χ2v) is 5.53. The van der Waals surface area contributed by atoms with Crippen LogP contribution in [0.4, 0.5) is 0 Å². The Kier molecular flexibility index (Phi) is 4.56. The van der Waals surface area contributed by atoms with Crippen molar-refractivity contribution < 1.29 is 5.11 Å². The van der Waals surface area contributed by atoms with E-state index in [9.17, 15) is 5.11 Å². The SMILES string of the molecule is Cc1ccccc1CC(O)Cc1ccc(Br)cc1.